The van der Waals surface area contributed by atoms with E-state index in [1.807, 2.05) is 0 Å². The minimum absolute atomic E-state index is 0.0110. The Labute approximate surface area is 123 Å². The summed E-state index contributed by atoms with van der Waals surface area (Å²) in [6.07, 6.45) is 2.14. The van der Waals surface area contributed by atoms with Crippen LogP contribution in [0.1, 0.15) is 29.2 Å². The lowest BCUT2D eigenvalue weighted by Crippen LogP contribution is -2.28. The van der Waals surface area contributed by atoms with E-state index >= 15 is 0 Å². The number of ether oxygens (including phenoxy) is 2. The average Bonchev–Trinajstić information content (AvgIpc) is 3.15. The van der Waals surface area contributed by atoms with Crippen molar-refractivity contribution in [3.05, 3.63) is 23.7 Å². The summed E-state index contributed by atoms with van der Waals surface area (Å²) in [6, 6.07) is 3.21. The highest BCUT2D eigenvalue weighted by molar-refractivity contribution is 5.91. The zero-order valence-corrected chi connectivity index (χ0v) is 12.0. The van der Waals surface area contributed by atoms with Gasteiger partial charge in [-0.1, -0.05) is 0 Å². The molecule has 2 heterocycles. The van der Waals surface area contributed by atoms with Crippen molar-refractivity contribution in [2.45, 2.75) is 25.5 Å². The van der Waals surface area contributed by atoms with Crippen LogP contribution in [0.3, 0.4) is 0 Å². The molecule has 0 saturated carbocycles. The summed E-state index contributed by atoms with van der Waals surface area (Å²) in [4.78, 5) is 22.9. The Balaban J connectivity index is 1.64. The van der Waals surface area contributed by atoms with Crippen molar-refractivity contribution in [2.24, 2.45) is 0 Å². The van der Waals surface area contributed by atoms with Crippen LogP contribution in [-0.4, -0.2) is 44.8 Å². The molecule has 2 amide bonds. The molecular formula is C14H20N2O5. The van der Waals surface area contributed by atoms with Crippen LogP contribution in [0.25, 0.3) is 0 Å². The number of amides is 2. The predicted octanol–water partition coefficient (Wildman–Crippen LogP) is 0.451. The standard InChI is InChI=1S/C14H20N2O5/c1-15-14(18)12-5-4-10(21-12)7-16-13(17)9-19-8-11-3-2-6-20-11/h4-5,11H,2-3,6-9H2,1H3,(H,15,18)(H,16,17)/t11-/m1/s1. The van der Waals surface area contributed by atoms with Crippen LogP contribution in [0.4, 0.5) is 0 Å². The van der Waals surface area contributed by atoms with E-state index in [4.69, 9.17) is 13.9 Å². The van der Waals surface area contributed by atoms with Crippen LogP contribution in [-0.2, 0) is 20.8 Å². The molecule has 0 bridgehead atoms. The Hall–Kier alpha value is -1.86. The maximum absolute atomic E-state index is 11.6. The summed E-state index contributed by atoms with van der Waals surface area (Å²) in [6.45, 7) is 1.42. The summed E-state index contributed by atoms with van der Waals surface area (Å²) >= 11 is 0. The van der Waals surface area contributed by atoms with Gasteiger partial charge in [-0.3, -0.25) is 9.59 Å². The molecule has 1 saturated heterocycles. The van der Waals surface area contributed by atoms with Crippen LogP contribution < -0.4 is 10.6 Å². The predicted molar refractivity (Wildman–Crippen MR) is 73.7 cm³/mol. The monoisotopic (exact) mass is 296 g/mol. The van der Waals surface area contributed by atoms with Crippen molar-refractivity contribution in [1.82, 2.24) is 10.6 Å². The molecule has 1 aromatic heterocycles. The summed E-state index contributed by atoms with van der Waals surface area (Å²) < 4.78 is 16.0. The minimum Gasteiger partial charge on any atom is -0.454 e. The number of carbonyl (C=O) groups is 2. The maximum atomic E-state index is 11.6. The number of furan rings is 1. The Morgan fingerprint density at radius 1 is 1.43 bits per heavy atom. The van der Waals surface area contributed by atoms with Gasteiger partial charge >= 0.3 is 0 Å². The second kappa shape index (κ2) is 7.80. The molecule has 7 nitrogen and oxygen atoms in total. The van der Waals surface area contributed by atoms with Crippen LogP contribution in [0.15, 0.2) is 16.5 Å². The molecule has 1 aliphatic heterocycles. The Bertz CT molecular complexity index is 479. The van der Waals surface area contributed by atoms with Gasteiger partial charge in [0.25, 0.3) is 5.91 Å². The van der Waals surface area contributed by atoms with Crippen molar-refractivity contribution < 1.29 is 23.5 Å². The fourth-order valence-electron chi connectivity index (χ4n) is 2.01. The first-order valence-electron chi connectivity index (χ1n) is 6.96. The molecule has 2 N–H and O–H groups in total. The first-order chi connectivity index (χ1) is 10.2. The zero-order chi connectivity index (χ0) is 15.1. The number of hydrogen-bond acceptors (Lipinski definition) is 5. The molecule has 0 spiro atoms. The van der Waals surface area contributed by atoms with Crippen molar-refractivity contribution in [2.75, 3.05) is 26.9 Å². The van der Waals surface area contributed by atoms with Gasteiger partial charge in [0, 0.05) is 13.7 Å². The maximum Gasteiger partial charge on any atom is 0.286 e. The fourth-order valence-corrected chi connectivity index (χ4v) is 2.01. The SMILES string of the molecule is CNC(=O)c1ccc(CNC(=O)COC[C@H]2CCCO2)o1. The molecule has 1 atom stereocenters. The quantitative estimate of drug-likeness (QED) is 0.762. The number of hydrogen-bond donors (Lipinski definition) is 2. The second-order valence-electron chi connectivity index (χ2n) is 4.77. The van der Waals surface area contributed by atoms with E-state index < -0.39 is 0 Å². The highest BCUT2D eigenvalue weighted by atomic mass is 16.5. The van der Waals surface area contributed by atoms with E-state index in [9.17, 15) is 9.59 Å². The van der Waals surface area contributed by atoms with E-state index in [1.165, 1.54) is 7.05 Å². The third kappa shape index (κ3) is 4.87. The molecule has 0 aliphatic carbocycles. The molecule has 1 fully saturated rings. The molecule has 1 aromatic rings. The average molecular weight is 296 g/mol. The molecule has 0 radical (unpaired) electrons. The van der Waals surface area contributed by atoms with Crippen molar-refractivity contribution >= 4 is 11.8 Å². The first-order valence-corrected chi connectivity index (χ1v) is 6.96. The van der Waals surface area contributed by atoms with Gasteiger partial charge in [0.05, 0.1) is 19.3 Å². The lowest BCUT2D eigenvalue weighted by molar-refractivity contribution is -0.127. The van der Waals surface area contributed by atoms with Crippen LogP contribution in [0.5, 0.6) is 0 Å². The summed E-state index contributed by atoms with van der Waals surface area (Å²) in [5, 5.41) is 5.13. The van der Waals surface area contributed by atoms with Gasteiger partial charge in [-0.15, -0.1) is 0 Å². The van der Waals surface area contributed by atoms with E-state index in [1.54, 1.807) is 12.1 Å². The Morgan fingerprint density at radius 3 is 3.00 bits per heavy atom. The van der Waals surface area contributed by atoms with Gasteiger partial charge in [-0.05, 0) is 25.0 Å². The van der Waals surface area contributed by atoms with E-state index in [-0.39, 0.29) is 36.8 Å². The fraction of sp³-hybridized carbons (Fsp3) is 0.571. The molecule has 7 heteroatoms. The van der Waals surface area contributed by atoms with Crippen molar-refractivity contribution in [3.63, 3.8) is 0 Å². The third-order valence-electron chi connectivity index (χ3n) is 3.13. The second-order valence-corrected chi connectivity index (χ2v) is 4.77. The van der Waals surface area contributed by atoms with E-state index in [0.717, 1.165) is 19.4 Å². The van der Waals surface area contributed by atoms with Gasteiger partial charge in [0.1, 0.15) is 12.4 Å². The number of nitrogens with one attached hydrogen (secondary N) is 2. The van der Waals surface area contributed by atoms with Crippen LogP contribution >= 0.6 is 0 Å². The number of rotatable bonds is 7. The Morgan fingerprint density at radius 2 is 2.29 bits per heavy atom. The molecule has 2 rings (SSSR count). The highest BCUT2D eigenvalue weighted by Crippen LogP contribution is 2.11. The zero-order valence-electron chi connectivity index (χ0n) is 12.0. The first kappa shape index (κ1) is 15.5. The van der Waals surface area contributed by atoms with Gasteiger partial charge < -0.3 is 24.5 Å². The lowest BCUT2D eigenvalue weighted by Gasteiger charge is -2.09. The minimum atomic E-state index is -0.299. The van der Waals surface area contributed by atoms with Gasteiger partial charge in [-0.25, -0.2) is 0 Å². The molecular weight excluding hydrogens is 276 g/mol. The third-order valence-corrected chi connectivity index (χ3v) is 3.13. The number of carbonyl (C=O) groups excluding carboxylic acids is 2. The summed E-state index contributed by atoms with van der Waals surface area (Å²) in [7, 11) is 1.53. The van der Waals surface area contributed by atoms with Crippen LogP contribution in [0.2, 0.25) is 0 Å². The van der Waals surface area contributed by atoms with Crippen molar-refractivity contribution in [1.29, 1.82) is 0 Å². The van der Waals surface area contributed by atoms with Gasteiger partial charge in [0.2, 0.25) is 5.91 Å². The molecule has 0 aromatic carbocycles. The molecule has 116 valence electrons. The summed E-state index contributed by atoms with van der Waals surface area (Å²) in [5.74, 6) is 0.204. The molecule has 21 heavy (non-hydrogen) atoms. The normalized spacial score (nSPS) is 17.7. The van der Waals surface area contributed by atoms with Crippen molar-refractivity contribution in [3.8, 4) is 0 Å². The lowest BCUT2D eigenvalue weighted by atomic mass is 10.2. The van der Waals surface area contributed by atoms with E-state index in [0.29, 0.717) is 12.4 Å². The topological polar surface area (TPSA) is 89.8 Å². The molecule has 0 unspecified atom stereocenters. The smallest absolute Gasteiger partial charge is 0.286 e. The van der Waals surface area contributed by atoms with Crippen LogP contribution in [0, 0.1) is 0 Å². The van der Waals surface area contributed by atoms with E-state index in [2.05, 4.69) is 10.6 Å². The summed E-state index contributed by atoms with van der Waals surface area (Å²) in [5.41, 5.74) is 0. The molecule has 1 aliphatic rings. The van der Waals surface area contributed by atoms with Gasteiger partial charge in [-0.2, -0.15) is 0 Å². The Kier molecular flexibility index (Phi) is 5.77. The largest absolute Gasteiger partial charge is 0.454 e. The van der Waals surface area contributed by atoms with Gasteiger partial charge in [0.15, 0.2) is 5.76 Å². The highest BCUT2D eigenvalue weighted by Gasteiger charge is 2.16.